The molecule has 0 aliphatic carbocycles. The van der Waals surface area contributed by atoms with Gasteiger partial charge in [-0.3, -0.25) is 4.79 Å². The van der Waals surface area contributed by atoms with Gasteiger partial charge in [-0.25, -0.2) is 4.98 Å². The highest BCUT2D eigenvalue weighted by Gasteiger charge is 2.01. The summed E-state index contributed by atoms with van der Waals surface area (Å²) in [6, 6.07) is 8.27. The molecule has 0 aliphatic heterocycles. The molecule has 0 unspecified atom stereocenters. The van der Waals surface area contributed by atoms with Crippen molar-refractivity contribution in [3.63, 3.8) is 0 Å². The molecule has 88 valence electrons. The van der Waals surface area contributed by atoms with Crippen molar-refractivity contribution in [2.45, 2.75) is 17.6 Å². The number of nitrogens with one attached hydrogen (secondary N) is 1. The molecule has 1 heterocycles. The zero-order chi connectivity index (χ0) is 12.3. The molecular formula is C12H11IN2OS. The molecule has 0 spiro atoms. The number of aryl methyl sites for hydroxylation is 1. The van der Waals surface area contributed by atoms with Crippen molar-refractivity contribution in [2.24, 2.45) is 0 Å². The van der Waals surface area contributed by atoms with E-state index in [4.69, 9.17) is 0 Å². The van der Waals surface area contributed by atoms with Gasteiger partial charge in [0.05, 0.1) is 9.32 Å². The van der Waals surface area contributed by atoms with Crippen LogP contribution >= 0.6 is 34.4 Å². The highest BCUT2D eigenvalue weighted by molar-refractivity contribution is 14.1. The Kier molecular flexibility index (Phi) is 4.22. The number of nitrogens with zero attached hydrogens (tertiary/aromatic N) is 1. The Hall–Kier alpha value is -0.820. The summed E-state index contributed by atoms with van der Waals surface area (Å²) in [5.74, 6) is 1.39. The van der Waals surface area contributed by atoms with E-state index in [1.165, 1.54) is 10.5 Å². The minimum absolute atomic E-state index is 0.0690. The quantitative estimate of drug-likeness (QED) is 0.678. The third kappa shape index (κ3) is 3.57. The first-order valence-electron chi connectivity index (χ1n) is 5.08. The Morgan fingerprint density at radius 2 is 2.29 bits per heavy atom. The largest absolute Gasteiger partial charge is 0.309 e. The van der Waals surface area contributed by atoms with Crippen molar-refractivity contribution in [3.8, 4) is 0 Å². The molecule has 0 aliphatic rings. The molecule has 0 saturated carbocycles. The van der Waals surface area contributed by atoms with Crippen molar-refractivity contribution >= 4 is 34.4 Å². The number of halogens is 1. The van der Waals surface area contributed by atoms with Crippen LogP contribution in [0.15, 0.2) is 40.2 Å². The van der Waals surface area contributed by atoms with Crippen LogP contribution in [-0.2, 0) is 5.75 Å². The van der Waals surface area contributed by atoms with E-state index in [-0.39, 0.29) is 5.56 Å². The van der Waals surface area contributed by atoms with Crippen LogP contribution in [0.5, 0.6) is 0 Å². The summed E-state index contributed by atoms with van der Waals surface area (Å²) >= 11 is 3.64. The van der Waals surface area contributed by atoms with Gasteiger partial charge >= 0.3 is 0 Å². The smallest absolute Gasteiger partial charge is 0.264 e. The number of aromatic nitrogens is 2. The van der Waals surface area contributed by atoms with E-state index >= 15 is 0 Å². The Balaban J connectivity index is 2.07. The van der Waals surface area contributed by atoms with E-state index in [2.05, 4.69) is 35.1 Å². The van der Waals surface area contributed by atoms with Crippen molar-refractivity contribution < 1.29 is 0 Å². The van der Waals surface area contributed by atoms with Gasteiger partial charge < -0.3 is 4.98 Å². The van der Waals surface area contributed by atoms with E-state index in [0.717, 1.165) is 0 Å². The van der Waals surface area contributed by atoms with E-state index < -0.39 is 0 Å². The van der Waals surface area contributed by atoms with Crippen LogP contribution in [0.2, 0.25) is 0 Å². The summed E-state index contributed by atoms with van der Waals surface area (Å²) in [6.45, 7) is 2.06. The van der Waals surface area contributed by atoms with Crippen LogP contribution in [0, 0.1) is 10.5 Å². The molecule has 0 atom stereocenters. The molecule has 0 bridgehead atoms. The summed E-state index contributed by atoms with van der Waals surface area (Å²) in [7, 11) is 0. The third-order valence-electron chi connectivity index (χ3n) is 2.17. The van der Waals surface area contributed by atoms with Gasteiger partial charge in [0.25, 0.3) is 5.56 Å². The molecule has 2 aromatic rings. The zero-order valence-corrected chi connectivity index (χ0v) is 12.2. The Morgan fingerprint density at radius 1 is 1.47 bits per heavy atom. The number of benzene rings is 1. The highest BCUT2D eigenvalue weighted by atomic mass is 127. The maximum Gasteiger partial charge on any atom is 0.264 e. The Morgan fingerprint density at radius 3 is 3.00 bits per heavy atom. The van der Waals surface area contributed by atoms with Crippen molar-refractivity contribution in [1.29, 1.82) is 0 Å². The fourth-order valence-electron chi connectivity index (χ4n) is 1.35. The van der Waals surface area contributed by atoms with Crippen LogP contribution < -0.4 is 5.56 Å². The van der Waals surface area contributed by atoms with Crippen LogP contribution in [0.4, 0.5) is 0 Å². The maximum atomic E-state index is 11.4. The molecule has 2 rings (SSSR count). The fraction of sp³-hybridized carbons (Fsp3) is 0.167. The molecule has 1 N–H and O–H groups in total. The van der Waals surface area contributed by atoms with Crippen molar-refractivity contribution in [1.82, 2.24) is 9.97 Å². The first kappa shape index (κ1) is 12.6. The number of rotatable bonds is 3. The van der Waals surface area contributed by atoms with Gasteiger partial charge in [-0.2, -0.15) is 0 Å². The lowest BCUT2D eigenvalue weighted by Gasteiger charge is -2.02. The molecule has 17 heavy (non-hydrogen) atoms. The molecule has 1 aromatic carbocycles. The number of thioether (sulfide) groups is 1. The van der Waals surface area contributed by atoms with Crippen molar-refractivity contribution in [3.05, 3.63) is 55.8 Å². The van der Waals surface area contributed by atoms with Gasteiger partial charge in [0.2, 0.25) is 0 Å². The summed E-state index contributed by atoms with van der Waals surface area (Å²) in [5.41, 5.74) is 1.17. The SMILES string of the molecule is Cc1cccc(SCc2ncc(I)c(=O)[nH]2)c1. The lowest BCUT2D eigenvalue weighted by Crippen LogP contribution is -2.12. The van der Waals surface area contributed by atoms with Crippen molar-refractivity contribution in [2.75, 3.05) is 0 Å². The second kappa shape index (κ2) is 5.68. The van der Waals surface area contributed by atoms with Gasteiger partial charge in [0.1, 0.15) is 5.82 Å². The van der Waals surface area contributed by atoms with Crippen LogP contribution in [-0.4, -0.2) is 9.97 Å². The topological polar surface area (TPSA) is 45.8 Å². The minimum atomic E-state index is -0.0690. The number of hydrogen-bond acceptors (Lipinski definition) is 3. The zero-order valence-electron chi connectivity index (χ0n) is 9.24. The van der Waals surface area contributed by atoms with Gasteiger partial charge in [-0.1, -0.05) is 17.7 Å². The molecule has 1 aromatic heterocycles. The highest BCUT2D eigenvalue weighted by Crippen LogP contribution is 2.21. The summed E-state index contributed by atoms with van der Waals surface area (Å²) in [4.78, 5) is 19.5. The number of H-pyrrole nitrogens is 1. The lowest BCUT2D eigenvalue weighted by atomic mass is 10.2. The molecular weight excluding hydrogens is 347 g/mol. The molecule has 0 radical (unpaired) electrons. The van der Waals surface area contributed by atoms with Gasteiger partial charge in [0.15, 0.2) is 0 Å². The van der Waals surface area contributed by atoms with E-state index in [1.807, 2.05) is 28.7 Å². The van der Waals surface area contributed by atoms with Crippen LogP contribution in [0.3, 0.4) is 0 Å². The fourth-order valence-corrected chi connectivity index (χ4v) is 2.51. The Bertz CT molecular complexity index is 583. The molecule has 0 fully saturated rings. The van der Waals surface area contributed by atoms with E-state index in [0.29, 0.717) is 15.1 Å². The van der Waals surface area contributed by atoms with E-state index in [1.54, 1.807) is 18.0 Å². The predicted molar refractivity (Wildman–Crippen MR) is 78.3 cm³/mol. The standard InChI is InChI=1S/C12H11IN2OS/c1-8-3-2-4-9(5-8)17-7-11-14-6-10(13)12(16)15-11/h2-6H,7H2,1H3,(H,14,15,16). The number of aromatic amines is 1. The monoisotopic (exact) mass is 358 g/mol. The maximum absolute atomic E-state index is 11.4. The first-order chi connectivity index (χ1) is 8.15. The van der Waals surface area contributed by atoms with Gasteiger partial charge in [0, 0.05) is 11.1 Å². The van der Waals surface area contributed by atoms with Crippen LogP contribution in [0.25, 0.3) is 0 Å². The van der Waals surface area contributed by atoms with Crippen LogP contribution in [0.1, 0.15) is 11.4 Å². The lowest BCUT2D eigenvalue weighted by molar-refractivity contribution is 0.989. The normalized spacial score (nSPS) is 10.5. The average Bonchev–Trinajstić information content (AvgIpc) is 2.31. The summed E-state index contributed by atoms with van der Waals surface area (Å²) in [5, 5.41) is 0. The minimum Gasteiger partial charge on any atom is -0.309 e. The predicted octanol–water partition coefficient (Wildman–Crippen LogP) is 2.98. The Labute approximate surface area is 117 Å². The third-order valence-corrected chi connectivity index (χ3v) is 3.95. The van der Waals surface area contributed by atoms with Gasteiger partial charge in [-0.15, -0.1) is 11.8 Å². The molecule has 5 heteroatoms. The second-order valence-corrected chi connectivity index (χ2v) is 5.82. The molecule has 3 nitrogen and oxygen atoms in total. The molecule has 0 saturated heterocycles. The van der Waals surface area contributed by atoms with Gasteiger partial charge in [-0.05, 0) is 41.6 Å². The first-order valence-corrected chi connectivity index (χ1v) is 7.15. The average molecular weight is 358 g/mol. The van der Waals surface area contributed by atoms with E-state index in [9.17, 15) is 4.79 Å². The second-order valence-electron chi connectivity index (χ2n) is 3.61. The number of hydrogen-bond donors (Lipinski definition) is 1. The summed E-state index contributed by atoms with van der Waals surface area (Å²) in [6.07, 6.45) is 1.60. The summed E-state index contributed by atoms with van der Waals surface area (Å²) < 4.78 is 0.618. The molecule has 0 amide bonds.